The highest BCUT2D eigenvalue weighted by Gasteiger charge is 2.10. The van der Waals surface area contributed by atoms with E-state index in [1.807, 2.05) is 42.5 Å². The van der Waals surface area contributed by atoms with Crippen LogP contribution in [-0.4, -0.2) is 22.3 Å². The summed E-state index contributed by atoms with van der Waals surface area (Å²) in [7, 11) is 0. The summed E-state index contributed by atoms with van der Waals surface area (Å²) in [6.45, 7) is 4.12. The Kier molecular flexibility index (Phi) is 4.52. The van der Waals surface area contributed by atoms with Crippen LogP contribution >= 0.6 is 0 Å². The molecule has 0 aliphatic rings. The number of aryl methyl sites for hydroxylation is 2. The SMILES string of the molecule is Cc1ccc(-c2cc(C(=O)N/N=C\c3ccccc3)[nH]n2)cc1C. The van der Waals surface area contributed by atoms with Gasteiger partial charge in [0.15, 0.2) is 0 Å². The molecule has 2 N–H and O–H groups in total. The number of aromatic amines is 1. The number of aromatic nitrogens is 2. The monoisotopic (exact) mass is 318 g/mol. The Balaban J connectivity index is 1.69. The first-order valence-electron chi connectivity index (χ1n) is 7.65. The molecule has 0 aliphatic carbocycles. The predicted octanol–water partition coefficient (Wildman–Crippen LogP) is 3.46. The molecule has 0 radical (unpaired) electrons. The van der Waals surface area contributed by atoms with Crippen molar-refractivity contribution in [2.45, 2.75) is 13.8 Å². The van der Waals surface area contributed by atoms with Gasteiger partial charge in [0.1, 0.15) is 5.69 Å². The van der Waals surface area contributed by atoms with Crippen molar-refractivity contribution in [2.75, 3.05) is 0 Å². The van der Waals surface area contributed by atoms with Crippen LogP contribution in [-0.2, 0) is 0 Å². The minimum absolute atomic E-state index is 0.329. The van der Waals surface area contributed by atoms with Crippen LogP contribution in [0.2, 0.25) is 0 Å². The number of hydrogen-bond donors (Lipinski definition) is 2. The van der Waals surface area contributed by atoms with E-state index >= 15 is 0 Å². The highest BCUT2D eigenvalue weighted by molar-refractivity contribution is 5.94. The molecule has 1 heterocycles. The third-order valence-electron chi connectivity index (χ3n) is 3.80. The molecule has 3 aromatic rings. The molecule has 3 rings (SSSR count). The quantitative estimate of drug-likeness (QED) is 0.571. The van der Waals surface area contributed by atoms with Crippen LogP contribution in [0, 0.1) is 13.8 Å². The van der Waals surface area contributed by atoms with Crippen molar-refractivity contribution in [1.82, 2.24) is 15.6 Å². The van der Waals surface area contributed by atoms with E-state index in [4.69, 9.17) is 0 Å². The van der Waals surface area contributed by atoms with Crippen LogP contribution < -0.4 is 5.43 Å². The van der Waals surface area contributed by atoms with Crippen LogP contribution in [0.25, 0.3) is 11.3 Å². The Labute approximate surface area is 140 Å². The predicted molar refractivity (Wildman–Crippen MR) is 95.0 cm³/mol. The molecule has 5 nitrogen and oxygen atoms in total. The van der Waals surface area contributed by atoms with Gasteiger partial charge in [0.25, 0.3) is 5.91 Å². The lowest BCUT2D eigenvalue weighted by Gasteiger charge is -2.01. The van der Waals surface area contributed by atoms with Gasteiger partial charge in [-0.05, 0) is 42.7 Å². The average molecular weight is 318 g/mol. The molecule has 0 saturated carbocycles. The fraction of sp³-hybridized carbons (Fsp3) is 0.105. The molecule has 0 unspecified atom stereocenters. The molecule has 0 fully saturated rings. The van der Waals surface area contributed by atoms with Gasteiger partial charge in [0.2, 0.25) is 0 Å². The molecule has 24 heavy (non-hydrogen) atoms. The van der Waals surface area contributed by atoms with Crippen molar-refractivity contribution < 1.29 is 4.79 Å². The second-order valence-electron chi connectivity index (χ2n) is 5.58. The summed E-state index contributed by atoms with van der Waals surface area (Å²) in [5.41, 5.74) is 7.89. The first-order chi connectivity index (χ1) is 11.6. The Bertz CT molecular complexity index is 881. The summed E-state index contributed by atoms with van der Waals surface area (Å²) in [6.07, 6.45) is 1.60. The van der Waals surface area contributed by atoms with Gasteiger partial charge in [-0.3, -0.25) is 9.89 Å². The molecule has 0 saturated heterocycles. The van der Waals surface area contributed by atoms with Crippen molar-refractivity contribution in [3.63, 3.8) is 0 Å². The molecular formula is C19H18N4O. The van der Waals surface area contributed by atoms with E-state index in [0.717, 1.165) is 16.8 Å². The van der Waals surface area contributed by atoms with Gasteiger partial charge in [0.05, 0.1) is 11.9 Å². The molecule has 2 aromatic carbocycles. The van der Waals surface area contributed by atoms with E-state index in [9.17, 15) is 4.79 Å². The van der Waals surface area contributed by atoms with Gasteiger partial charge < -0.3 is 0 Å². The number of benzene rings is 2. The molecule has 0 spiro atoms. The largest absolute Gasteiger partial charge is 0.289 e. The van der Waals surface area contributed by atoms with Gasteiger partial charge in [-0.2, -0.15) is 10.2 Å². The average Bonchev–Trinajstić information content (AvgIpc) is 3.08. The van der Waals surface area contributed by atoms with Crippen LogP contribution in [0.3, 0.4) is 0 Å². The molecular weight excluding hydrogens is 300 g/mol. The normalized spacial score (nSPS) is 10.9. The van der Waals surface area contributed by atoms with Crippen molar-refractivity contribution >= 4 is 12.1 Å². The molecule has 0 bridgehead atoms. The van der Waals surface area contributed by atoms with Crippen LogP contribution in [0.15, 0.2) is 59.7 Å². The first-order valence-corrected chi connectivity index (χ1v) is 7.65. The standard InChI is InChI=1S/C19H18N4O/c1-13-8-9-16(10-14(13)2)17-11-18(22-21-17)19(24)23-20-12-15-6-4-3-5-7-15/h3-12H,1-2H3,(H,21,22)(H,23,24)/b20-12-. The smallest absolute Gasteiger partial charge is 0.272 e. The number of carbonyl (C=O) groups excluding carboxylic acids is 1. The number of hydrazone groups is 1. The van der Waals surface area contributed by atoms with Gasteiger partial charge in [-0.25, -0.2) is 5.43 Å². The van der Waals surface area contributed by atoms with E-state index in [2.05, 4.69) is 40.6 Å². The molecule has 1 aromatic heterocycles. The van der Waals surface area contributed by atoms with Gasteiger partial charge in [0, 0.05) is 5.56 Å². The van der Waals surface area contributed by atoms with E-state index in [1.54, 1.807) is 12.3 Å². The number of carbonyl (C=O) groups is 1. The summed E-state index contributed by atoms with van der Waals surface area (Å²) >= 11 is 0. The highest BCUT2D eigenvalue weighted by Crippen LogP contribution is 2.20. The molecule has 0 atom stereocenters. The summed E-state index contributed by atoms with van der Waals surface area (Å²) in [5.74, 6) is -0.329. The lowest BCUT2D eigenvalue weighted by Crippen LogP contribution is -2.17. The first kappa shape index (κ1) is 15.7. The lowest BCUT2D eigenvalue weighted by molar-refractivity contribution is 0.0950. The zero-order valence-corrected chi connectivity index (χ0v) is 13.6. The number of rotatable bonds is 4. The second-order valence-corrected chi connectivity index (χ2v) is 5.58. The number of nitrogens with zero attached hydrogens (tertiary/aromatic N) is 2. The van der Waals surface area contributed by atoms with Crippen LogP contribution in [0.1, 0.15) is 27.2 Å². The van der Waals surface area contributed by atoms with Crippen molar-refractivity contribution in [3.05, 3.63) is 77.0 Å². The Morgan fingerprint density at radius 1 is 1.08 bits per heavy atom. The number of hydrogen-bond acceptors (Lipinski definition) is 3. The molecule has 1 amide bonds. The fourth-order valence-corrected chi connectivity index (χ4v) is 2.25. The Morgan fingerprint density at radius 3 is 2.62 bits per heavy atom. The minimum atomic E-state index is -0.329. The third-order valence-corrected chi connectivity index (χ3v) is 3.80. The zero-order valence-electron chi connectivity index (χ0n) is 13.6. The number of H-pyrrole nitrogens is 1. The molecule has 5 heteroatoms. The fourth-order valence-electron chi connectivity index (χ4n) is 2.25. The van der Waals surface area contributed by atoms with Crippen molar-refractivity contribution in [2.24, 2.45) is 5.10 Å². The third kappa shape index (κ3) is 3.57. The summed E-state index contributed by atoms with van der Waals surface area (Å²) in [5, 5.41) is 10.9. The van der Waals surface area contributed by atoms with Crippen molar-refractivity contribution in [3.8, 4) is 11.3 Å². The molecule has 120 valence electrons. The van der Waals surface area contributed by atoms with Gasteiger partial charge >= 0.3 is 0 Å². The Hall–Kier alpha value is -3.21. The summed E-state index contributed by atoms with van der Waals surface area (Å²) < 4.78 is 0. The number of amides is 1. The van der Waals surface area contributed by atoms with E-state index < -0.39 is 0 Å². The van der Waals surface area contributed by atoms with Crippen LogP contribution in [0.4, 0.5) is 0 Å². The maximum atomic E-state index is 12.1. The maximum absolute atomic E-state index is 12.1. The second kappa shape index (κ2) is 6.91. The van der Waals surface area contributed by atoms with Crippen LogP contribution in [0.5, 0.6) is 0 Å². The lowest BCUT2D eigenvalue weighted by atomic mass is 10.0. The van der Waals surface area contributed by atoms with Gasteiger partial charge in [-0.1, -0.05) is 42.5 Å². The summed E-state index contributed by atoms with van der Waals surface area (Å²) in [4.78, 5) is 12.1. The van der Waals surface area contributed by atoms with E-state index in [0.29, 0.717) is 5.69 Å². The van der Waals surface area contributed by atoms with Crippen molar-refractivity contribution in [1.29, 1.82) is 0 Å². The Morgan fingerprint density at radius 2 is 1.88 bits per heavy atom. The highest BCUT2D eigenvalue weighted by atomic mass is 16.2. The molecule has 0 aliphatic heterocycles. The van der Waals surface area contributed by atoms with E-state index in [-0.39, 0.29) is 5.91 Å². The maximum Gasteiger partial charge on any atom is 0.289 e. The van der Waals surface area contributed by atoms with Gasteiger partial charge in [-0.15, -0.1) is 0 Å². The summed E-state index contributed by atoms with van der Waals surface area (Å²) in [6, 6.07) is 17.4. The van der Waals surface area contributed by atoms with E-state index in [1.165, 1.54) is 11.1 Å². The topological polar surface area (TPSA) is 70.1 Å². The number of nitrogens with one attached hydrogen (secondary N) is 2. The zero-order chi connectivity index (χ0) is 16.9. The minimum Gasteiger partial charge on any atom is -0.272 e.